The highest BCUT2D eigenvalue weighted by atomic mass is 16.6. The number of hydrogen-bond acceptors (Lipinski definition) is 3. The standard InChI is InChI=1S/C5H6N2O2/c8-7(9)5-3-1-2-4-6-5/h2-4,6H,1H2. The monoisotopic (exact) mass is 126 g/mol. The molecule has 1 rings (SSSR count). The molecule has 0 fully saturated rings. The van der Waals surface area contributed by atoms with E-state index in [0.717, 1.165) is 0 Å². The van der Waals surface area contributed by atoms with Crippen LogP contribution >= 0.6 is 0 Å². The Kier molecular flexibility index (Phi) is 1.48. The highest BCUT2D eigenvalue weighted by Crippen LogP contribution is 1.99. The molecule has 0 aliphatic carbocycles. The lowest BCUT2D eigenvalue weighted by Crippen LogP contribution is -2.15. The van der Waals surface area contributed by atoms with Crippen LogP contribution in [0, 0.1) is 10.1 Å². The van der Waals surface area contributed by atoms with Gasteiger partial charge in [0, 0.05) is 6.08 Å². The van der Waals surface area contributed by atoms with Gasteiger partial charge < -0.3 is 10.1 Å². The molecule has 0 aromatic rings. The summed E-state index contributed by atoms with van der Waals surface area (Å²) in [5.41, 5.74) is 0. The number of rotatable bonds is 1. The van der Waals surface area contributed by atoms with Gasteiger partial charge in [0.2, 0.25) is 0 Å². The van der Waals surface area contributed by atoms with Crippen LogP contribution in [-0.4, -0.2) is 4.92 Å². The van der Waals surface area contributed by atoms with E-state index in [4.69, 9.17) is 0 Å². The van der Waals surface area contributed by atoms with Crippen LogP contribution in [0.4, 0.5) is 0 Å². The lowest BCUT2D eigenvalue weighted by atomic mass is 10.3. The van der Waals surface area contributed by atoms with Crippen molar-refractivity contribution < 1.29 is 4.92 Å². The van der Waals surface area contributed by atoms with Gasteiger partial charge in [0.15, 0.2) is 0 Å². The topological polar surface area (TPSA) is 55.2 Å². The van der Waals surface area contributed by atoms with Crippen LogP contribution in [0.3, 0.4) is 0 Å². The number of nitro groups is 1. The molecular formula is C5H6N2O2. The van der Waals surface area contributed by atoms with Crippen LogP contribution in [0.5, 0.6) is 0 Å². The van der Waals surface area contributed by atoms with Gasteiger partial charge in [-0.25, -0.2) is 5.32 Å². The zero-order valence-electron chi connectivity index (χ0n) is 4.70. The van der Waals surface area contributed by atoms with Gasteiger partial charge in [0.1, 0.15) is 0 Å². The minimum absolute atomic E-state index is 0.0671. The SMILES string of the molecule is O=[N+]([O-])C1=CCC=CN1. The molecule has 0 aromatic carbocycles. The summed E-state index contributed by atoms with van der Waals surface area (Å²) in [5, 5.41) is 12.5. The lowest BCUT2D eigenvalue weighted by Gasteiger charge is -2.00. The van der Waals surface area contributed by atoms with Gasteiger partial charge >= 0.3 is 5.82 Å². The molecule has 1 heterocycles. The van der Waals surface area contributed by atoms with Crippen molar-refractivity contribution in [2.75, 3.05) is 0 Å². The number of hydrogen-bond donors (Lipinski definition) is 1. The normalized spacial score (nSPS) is 16.2. The van der Waals surface area contributed by atoms with Crippen molar-refractivity contribution >= 4 is 0 Å². The van der Waals surface area contributed by atoms with Crippen molar-refractivity contribution in [1.29, 1.82) is 0 Å². The van der Waals surface area contributed by atoms with Gasteiger partial charge in [-0.3, -0.25) is 0 Å². The number of dihydropyridines is 1. The van der Waals surface area contributed by atoms with E-state index in [9.17, 15) is 10.1 Å². The van der Waals surface area contributed by atoms with Crippen LogP contribution in [0.1, 0.15) is 6.42 Å². The number of nitrogens with zero attached hydrogens (tertiary/aromatic N) is 1. The Morgan fingerprint density at radius 3 is 2.89 bits per heavy atom. The molecule has 0 aromatic heterocycles. The Labute approximate surface area is 52.0 Å². The van der Waals surface area contributed by atoms with Crippen molar-refractivity contribution in [3.63, 3.8) is 0 Å². The van der Waals surface area contributed by atoms with E-state index in [2.05, 4.69) is 5.32 Å². The number of allylic oxidation sites excluding steroid dienone is 2. The summed E-state index contributed by atoms with van der Waals surface area (Å²) in [7, 11) is 0. The van der Waals surface area contributed by atoms with E-state index in [0.29, 0.717) is 6.42 Å². The van der Waals surface area contributed by atoms with Crippen LogP contribution in [-0.2, 0) is 0 Å². The average Bonchev–Trinajstić information content (AvgIpc) is 1.90. The zero-order chi connectivity index (χ0) is 6.69. The Hall–Kier alpha value is -1.32. The highest BCUT2D eigenvalue weighted by Gasteiger charge is 2.05. The first kappa shape index (κ1) is 5.81. The van der Waals surface area contributed by atoms with Crippen LogP contribution in [0.2, 0.25) is 0 Å². The van der Waals surface area contributed by atoms with E-state index in [-0.39, 0.29) is 5.82 Å². The average molecular weight is 126 g/mol. The summed E-state index contributed by atoms with van der Waals surface area (Å²) >= 11 is 0. The Morgan fingerprint density at radius 2 is 2.56 bits per heavy atom. The molecule has 0 spiro atoms. The second kappa shape index (κ2) is 2.30. The molecule has 4 heteroatoms. The Morgan fingerprint density at radius 1 is 1.78 bits per heavy atom. The fourth-order valence-corrected chi connectivity index (χ4v) is 0.578. The molecule has 0 unspecified atom stereocenters. The zero-order valence-corrected chi connectivity index (χ0v) is 4.70. The summed E-state index contributed by atoms with van der Waals surface area (Å²) in [6, 6.07) is 0. The molecule has 0 saturated carbocycles. The molecule has 0 amide bonds. The van der Waals surface area contributed by atoms with Gasteiger partial charge in [-0.2, -0.15) is 0 Å². The largest absolute Gasteiger partial charge is 0.358 e. The van der Waals surface area contributed by atoms with Crippen LogP contribution < -0.4 is 5.32 Å². The molecule has 9 heavy (non-hydrogen) atoms. The third kappa shape index (κ3) is 1.28. The molecule has 0 atom stereocenters. The summed E-state index contributed by atoms with van der Waals surface area (Å²) in [4.78, 5) is 9.55. The molecule has 0 radical (unpaired) electrons. The van der Waals surface area contributed by atoms with Crippen LogP contribution in [0.15, 0.2) is 24.2 Å². The first-order valence-electron chi connectivity index (χ1n) is 2.57. The second-order valence-electron chi connectivity index (χ2n) is 1.63. The van der Waals surface area contributed by atoms with Gasteiger partial charge in [0.05, 0.1) is 6.20 Å². The first-order valence-corrected chi connectivity index (χ1v) is 2.57. The molecule has 1 N–H and O–H groups in total. The van der Waals surface area contributed by atoms with Gasteiger partial charge in [0.25, 0.3) is 0 Å². The molecule has 4 nitrogen and oxygen atoms in total. The summed E-state index contributed by atoms with van der Waals surface area (Å²) in [5.74, 6) is 0.0671. The van der Waals surface area contributed by atoms with Gasteiger partial charge in [-0.15, -0.1) is 0 Å². The maximum Gasteiger partial charge on any atom is 0.316 e. The van der Waals surface area contributed by atoms with E-state index in [1.54, 1.807) is 6.20 Å². The van der Waals surface area contributed by atoms with Crippen molar-refractivity contribution in [1.82, 2.24) is 5.32 Å². The minimum Gasteiger partial charge on any atom is -0.358 e. The molecule has 0 bridgehead atoms. The van der Waals surface area contributed by atoms with Crippen molar-refractivity contribution in [3.8, 4) is 0 Å². The smallest absolute Gasteiger partial charge is 0.316 e. The molecular weight excluding hydrogens is 120 g/mol. The van der Waals surface area contributed by atoms with Gasteiger partial charge in [-0.1, -0.05) is 0 Å². The highest BCUT2D eigenvalue weighted by molar-refractivity contribution is 5.04. The van der Waals surface area contributed by atoms with Gasteiger partial charge in [-0.05, 0) is 17.4 Å². The lowest BCUT2D eigenvalue weighted by molar-refractivity contribution is -0.430. The summed E-state index contributed by atoms with van der Waals surface area (Å²) < 4.78 is 0. The van der Waals surface area contributed by atoms with E-state index < -0.39 is 4.92 Å². The molecule has 0 saturated heterocycles. The fourth-order valence-electron chi connectivity index (χ4n) is 0.578. The quantitative estimate of drug-likeness (QED) is 0.413. The molecule has 1 aliphatic heterocycles. The van der Waals surface area contributed by atoms with Crippen molar-refractivity contribution in [2.24, 2.45) is 0 Å². The molecule has 1 aliphatic rings. The van der Waals surface area contributed by atoms with Crippen LogP contribution in [0.25, 0.3) is 0 Å². The molecule has 48 valence electrons. The predicted molar refractivity (Wildman–Crippen MR) is 32.0 cm³/mol. The van der Waals surface area contributed by atoms with Crippen molar-refractivity contribution in [2.45, 2.75) is 6.42 Å². The predicted octanol–water partition coefficient (Wildman–Crippen LogP) is 0.611. The maximum absolute atomic E-state index is 10.00. The summed E-state index contributed by atoms with van der Waals surface area (Å²) in [6.45, 7) is 0. The van der Waals surface area contributed by atoms with Crippen molar-refractivity contribution in [3.05, 3.63) is 34.3 Å². The van der Waals surface area contributed by atoms with E-state index in [1.165, 1.54) is 6.08 Å². The third-order valence-electron chi connectivity index (χ3n) is 0.993. The Bertz CT molecular complexity index is 183. The minimum atomic E-state index is -0.441. The second-order valence-corrected chi connectivity index (χ2v) is 1.63. The Balaban J connectivity index is 2.61. The number of nitrogens with one attached hydrogen (secondary N) is 1. The van der Waals surface area contributed by atoms with E-state index >= 15 is 0 Å². The first-order chi connectivity index (χ1) is 4.30. The maximum atomic E-state index is 10.00. The third-order valence-corrected chi connectivity index (χ3v) is 0.993. The van der Waals surface area contributed by atoms with E-state index in [1.807, 2.05) is 6.08 Å². The summed E-state index contributed by atoms with van der Waals surface area (Å²) in [6.07, 6.45) is 5.55. The fraction of sp³-hybridized carbons (Fsp3) is 0.200.